The first-order valence-corrected chi connectivity index (χ1v) is 6.79. The number of benzene rings is 1. The molecule has 0 radical (unpaired) electrons. The molecule has 1 saturated carbocycles. The Morgan fingerprint density at radius 2 is 1.88 bits per heavy atom. The van der Waals surface area contributed by atoms with Crippen LogP contribution in [0.15, 0.2) is 30.3 Å². The summed E-state index contributed by atoms with van der Waals surface area (Å²) in [6, 6.07) is 11.4. The molecule has 0 aliphatic heterocycles. The van der Waals surface area contributed by atoms with Crippen LogP contribution in [0.4, 0.5) is 0 Å². The van der Waals surface area contributed by atoms with E-state index in [1.54, 1.807) is 0 Å². The van der Waals surface area contributed by atoms with Crippen molar-refractivity contribution < 1.29 is 5.11 Å². The number of hydrogen-bond acceptors (Lipinski definition) is 2. The lowest BCUT2D eigenvalue weighted by Gasteiger charge is -2.37. The highest BCUT2D eigenvalue weighted by Gasteiger charge is 2.23. The topological polar surface area (TPSA) is 23.5 Å². The number of aliphatic hydroxyl groups excluding tert-OH is 1. The maximum absolute atomic E-state index is 9.08. The van der Waals surface area contributed by atoms with E-state index >= 15 is 0 Å². The molecule has 0 heterocycles. The van der Waals surface area contributed by atoms with Crippen molar-refractivity contribution in [1.82, 2.24) is 4.90 Å². The molecule has 0 spiro atoms. The fraction of sp³-hybridized carbons (Fsp3) is 0.600. The maximum Gasteiger partial charge on any atom is 0.0558 e. The number of rotatable bonds is 7. The third-order valence-electron chi connectivity index (χ3n) is 3.73. The average Bonchev–Trinajstić information content (AvgIpc) is 2.28. The van der Waals surface area contributed by atoms with Crippen LogP contribution in [0.1, 0.15) is 31.2 Å². The van der Waals surface area contributed by atoms with Gasteiger partial charge in [-0.15, -0.1) is 0 Å². The Morgan fingerprint density at radius 3 is 2.47 bits per heavy atom. The van der Waals surface area contributed by atoms with Crippen molar-refractivity contribution in [3.8, 4) is 0 Å². The summed E-state index contributed by atoms with van der Waals surface area (Å²) in [5.41, 5.74) is 1.42. The fourth-order valence-electron chi connectivity index (χ4n) is 2.49. The summed E-state index contributed by atoms with van der Waals surface area (Å²) in [6.45, 7) is 2.27. The Labute approximate surface area is 104 Å². The largest absolute Gasteiger partial charge is 0.395 e. The van der Waals surface area contributed by atoms with Gasteiger partial charge in [-0.2, -0.15) is 0 Å². The highest BCUT2D eigenvalue weighted by molar-refractivity contribution is 5.14. The Hall–Kier alpha value is -0.860. The van der Waals surface area contributed by atoms with Crippen molar-refractivity contribution in [2.24, 2.45) is 0 Å². The van der Waals surface area contributed by atoms with Gasteiger partial charge in [-0.3, -0.25) is 4.90 Å². The second kappa shape index (κ2) is 6.77. The van der Waals surface area contributed by atoms with E-state index in [0.29, 0.717) is 6.61 Å². The van der Waals surface area contributed by atoms with E-state index in [-0.39, 0.29) is 0 Å². The summed E-state index contributed by atoms with van der Waals surface area (Å²) in [7, 11) is 0. The van der Waals surface area contributed by atoms with Gasteiger partial charge in [0, 0.05) is 12.6 Å². The van der Waals surface area contributed by atoms with E-state index in [0.717, 1.165) is 25.6 Å². The van der Waals surface area contributed by atoms with E-state index in [1.165, 1.54) is 31.2 Å². The van der Waals surface area contributed by atoms with Crippen LogP contribution in [0.3, 0.4) is 0 Å². The maximum atomic E-state index is 9.08. The van der Waals surface area contributed by atoms with Gasteiger partial charge in [0.2, 0.25) is 0 Å². The fourth-order valence-corrected chi connectivity index (χ4v) is 2.49. The molecule has 2 heteroatoms. The molecule has 94 valence electrons. The molecule has 2 nitrogen and oxygen atoms in total. The Bertz CT molecular complexity index is 308. The lowest BCUT2D eigenvalue weighted by atomic mass is 9.91. The highest BCUT2D eigenvalue weighted by Crippen LogP contribution is 2.24. The molecule has 2 rings (SSSR count). The van der Waals surface area contributed by atoms with Gasteiger partial charge in [0.15, 0.2) is 0 Å². The van der Waals surface area contributed by atoms with Crippen LogP contribution >= 0.6 is 0 Å². The lowest BCUT2D eigenvalue weighted by Crippen LogP contribution is -2.42. The Balaban J connectivity index is 1.71. The molecule has 0 atom stereocenters. The van der Waals surface area contributed by atoms with Crippen LogP contribution in [0.2, 0.25) is 0 Å². The molecule has 1 aliphatic rings. The molecule has 0 amide bonds. The number of aliphatic hydroxyl groups is 1. The molecule has 1 fully saturated rings. The predicted molar refractivity (Wildman–Crippen MR) is 71.1 cm³/mol. The Kier molecular flexibility index (Phi) is 5.02. The van der Waals surface area contributed by atoms with E-state index < -0.39 is 0 Å². The molecular weight excluding hydrogens is 210 g/mol. The van der Waals surface area contributed by atoms with Crippen molar-refractivity contribution >= 4 is 0 Å². The zero-order valence-corrected chi connectivity index (χ0v) is 10.5. The monoisotopic (exact) mass is 233 g/mol. The van der Waals surface area contributed by atoms with E-state index in [2.05, 4.69) is 35.2 Å². The number of hydrogen-bond donors (Lipinski definition) is 1. The summed E-state index contributed by atoms with van der Waals surface area (Å²) in [5, 5.41) is 9.08. The van der Waals surface area contributed by atoms with Gasteiger partial charge < -0.3 is 5.11 Å². The van der Waals surface area contributed by atoms with Gasteiger partial charge in [0.25, 0.3) is 0 Å². The summed E-state index contributed by atoms with van der Waals surface area (Å²) < 4.78 is 0. The third-order valence-corrected chi connectivity index (χ3v) is 3.73. The molecule has 0 saturated heterocycles. The molecule has 1 aromatic carbocycles. The van der Waals surface area contributed by atoms with Gasteiger partial charge in [-0.25, -0.2) is 0 Å². The SMILES string of the molecule is OCCN(CCCc1ccccc1)C1CCC1. The lowest BCUT2D eigenvalue weighted by molar-refractivity contribution is 0.100. The van der Waals surface area contributed by atoms with Crippen molar-refractivity contribution in [1.29, 1.82) is 0 Å². The van der Waals surface area contributed by atoms with Crippen molar-refractivity contribution in [3.63, 3.8) is 0 Å². The molecule has 1 aliphatic carbocycles. The molecular formula is C15H23NO. The second-order valence-electron chi connectivity index (χ2n) is 4.93. The third kappa shape index (κ3) is 3.83. The minimum Gasteiger partial charge on any atom is -0.395 e. The van der Waals surface area contributed by atoms with Crippen LogP contribution < -0.4 is 0 Å². The van der Waals surface area contributed by atoms with Crippen LogP contribution in [0.25, 0.3) is 0 Å². The molecule has 17 heavy (non-hydrogen) atoms. The minimum absolute atomic E-state index is 0.293. The zero-order valence-electron chi connectivity index (χ0n) is 10.5. The first-order valence-electron chi connectivity index (χ1n) is 6.79. The normalized spacial score (nSPS) is 16.1. The average molecular weight is 233 g/mol. The van der Waals surface area contributed by atoms with Crippen molar-refractivity contribution in [2.45, 2.75) is 38.1 Å². The molecule has 1 aromatic rings. The second-order valence-corrected chi connectivity index (χ2v) is 4.93. The van der Waals surface area contributed by atoms with E-state index in [9.17, 15) is 0 Å². The van der Waals surface area contributed by atoms with Crippen LogP contribution in [-0.4, -0.2) is 35.7 Å². The van der Waals surface area contributed by atoms with Crippen LogP contribution in [-0.2, 0) is 6.42 Å². The van der Waals surface area contributed by atoms with Gasteiger partial charge in [-0.05, 0) is 37.8 Å². The number of nitrogens with zero attached hydrogens (tertiary/aromatic N) is 1. The van der Waals surface area contributed by atoms with Crippen LogP contribution in [0, 0.1) is 0 Å². The first kappa shape index (κ1) is 12.6. The Morgan fingerprint density at radius 1 is 1.12 bits per heavy atom. The molecule has 0 aromatic heterocycles. The van der Waals surface area contributed by atoms with Gasteiger partial charge >= 0.3 is 0 Å². The quantitative estimate of drug-likeness (QED) is 0.782. The minimum atomic E-state index is 0.293. The number of aryl methyl sites for hydroxylation is 1. The standard InChI is InChI=1S/C15H23NO/c17-13-12-16(15-9-4-10-15)11-5-8-14-6-2-1-3-7-14/h1-3,6-7,15,17H,4-5,8-13H2. The molecule has 1 N–H and O–H groups in total. The smallest absolute Gasteiger partial charge is 0.0558 e. The van der Waals surface area contributed by atoms with Gasteiger partial charge in [-0.1, -0.05) is 36.8 Å². The predicted octanol–water partition coefficient (Wildman–Crippen LogP) is 2.47. The van der Waals surface area contributed by atoms with Crippen molar-refractivity contribution in [3.05, 3.63) is 35.9 Å². The molecule has 0 bridgehead atoms. The summed E-state index contributed by atoms with van der Waals surface area (Å²) in [4.78, 5) is 2.46. The first-order chi connectivity index (χ1) is 8.40. The molecule has 0 unspecified atom stereocenters. The highest BCUT2D eigenvalue weighted by atomic mass is 16.3. The van der Waals surface area contributed by atoms with Crippen molar-refractivity contribution in [2.75, 3.05) is 19.7 Å². The summed E-state index contributed by atoms with van der Waals surface area (Å²) in [6.07, 6.45) is 6.36. The van der Waals surface area contributed by atoms with Gasteiger partial charge in [0.05, 0.1) is 6.61 Å². The zero-order chi connectivity index (χ0) is 11.9. The summed E-state index contributed by atoms with van der Waals surface area (Å²) in [5.74, 6) is 0. The van der Waals surface area contributed by atoms with Crippen LogP contribution in [0.5, 0.6) is 0 Å². The summed E-state index contributed by atoms with van der Waals surface area (Å²) >= 11 is 0. The van der Waals surface area contributed by atoms with Gasteiger partial charge in [0.1, 0.15) is 0 Å². The van der Waals surface area contributed by atoms with E-state index in [1.807, 2.05) is 0 Å². The van der Waals surface area contributed by atoms with E-state index in [4.69, 9.17) is 5.11 Å².